The minimum absolute atomic E-state index is 0.153. The number of carbonyl (C=O) groups is 1. The van der Waals surface area contributed by atoms with E-state index in [-0.39, 0.29) is 5.97 Å². The molecule has 0 atom stereocenters. The van der Waals surface area contributed by atoms with Gasteiger partial charge in [0, 0.05) is 13.0 Å². The number of esters is 1. The van der Waals surface area contributed by atoms with E-state index < -0.39 is 0 Å². The quantitative estimate of drug-likeness (QED) is 0.455. The molecule has 0 fully saturated rings. The first-order valence-corrected chi connectivity index (χ1v) is 4.91. The van der Waals surface area contributed by atoms with Crippen molar-refractivity contribution in [2.75, 3.05) is 26.7 Å². The Morgan fingerprint density at radius 1 is 1.50 bits per heavy atom. The molecule has 0 heterocycles. The van der Waals surface area contributed by atoms with Crippen LogP contribution in [0.3, 0.4) is 0 Å². The number of carbonyl (C=O) groups excluding carboxylic acids is 1. The molecule has 0 aromatic heterocycles. The van der Waals surface area contributed by atoms with Crippen LogP contribution < -0.4 is 0 Å². The first kappa shape index (κ1) is 12.9. The Labute approximate surface area is 85.5 Å². The first-order chi connectivity index (χ1) is 6.70. The lowest BCUT2D eigenvalue weighted by molar-refractivity contribution is -0.143. The van der Waals surface area contributed by atoms with E-state index in [4.69, 9.17) is 10.00 Å². The molecule has 0 N–H and O–H groups in total. The van der Waals surface area contributed by atoms with Gasteiger partial charge in [-0.1, -0.05) is 0 Å². The van der Waals surface area contributed by atoms with Gasteiger partial charge in [-0.15, -0.1) is 0 Å². The molecule has 0 aliphatic rings. The molecule has 0 aliphatic carbocycles. The zero-order valence-electron chi connectivity index (χ0n) is 8.95. The Hall–Kier alpha value is -1.08. The summed E-state index contributed by atoms with van der Waals surface area (Å²) in [7, 11) is 1.94. The summed E-state index contributed by atoms with van der Waals surface area (Å²) in [5.74, 6) is -0.153. The highest BCUT2D eigenvalue weighted by atomic mass is 16.5. The fraction of sp³-hybridized carbons (Fsp3) is 0.800. The second-order valence-electron chi connectivity index (χ2n) is 3.12. The Bertz CT molecular complexity index is 199. The Balaban J connectivity index is 3.39. The van der Waals surface area contributed by atoms with E-state index in [1.54, 1.807) is 6.92 Å². The summed E-state index contributed by atoms with van der Waals surface area (Å²) in [5, 5.41) is 8.32. The van der Waals surface area contributed by atoms with E-state index in [2.05, 4.69) is 6.07 Å². The maximum absolute atomic E-state index is 11.0. The number of nitrogens with zero attached hydrogens (tertiary/aromatic N) is 2. The molecule has 4 heteroatoms. The van der Waals surface area contributed by atoms with Crippen molar-refractivity contribution >= 4 is 5.97 Å². The highest BCUT2D eigenvalue weighted by Crippen LogP contribution is 1.94. The largest absolute Gasteiger partial charge is 0.466 e. The van der Waals surface area contributed by atoms with Crippen molar-refractivity contribution in [1.82, 2.24) is 4.90 Å². The van der Waals surface area contributed by atoms with Crippen molar-refractivity contribution in [2.45, 2.75) is 26.2 Å². The summed E-state index contributed by atoms with van der Waals surface area (Å²) in [5.41, 5.74) is 0. The highest BCUT2D eigenvalue weighted by Gasteiger charge is 2.04. The van der Waals surface area contributed by atoms with Gasteiger partial charge in [0.1, 0.15) is 0 Å². The highest BCUT2D eigenvalue weighted by molar-refractivity contribution is 5.69. The molecular weight excluding hydrogens is 180 g/mol. The molecule has 0 saturated carbocycles. The predicted molar refractivity (Wildman–Crippen MR) is 53.6 cm³/mol. The van der Waals surface area contributed by atoms with E-state index >= 15 is 0 Å². The van der Waals surface area contributed by atoms with E-state index in [0.29, 0.717) is 26.0 Å². The third-order valence-electron chi connectivity index (χ3n) is 1.83. The molecule has 0 amide bonds. The van der Waals surface area contributed by atoms with E-state index in [1.165, 1.54) is 0 Å². The molecule has 14 heavy (non-hydrogen) atoms. The number of hydrogen-bond acceptors (Lipinski definition) is 4. The predicted octanol–water partition coefficient (Wildman–Crippen LogP) is 1.18. The molecule has 0 aliphatic heterocycles. The fourth-order valence-corrected chi connectivity index (χ4v) is 1.06. The zero-order valence-corrected chi connectivity index (χ0v) is 8.95. The SMILES string of the molecule is CCOC(=O)CCN(C)CCCC#N. The summed E-state index contributed by atoms with van der Waals surface area (Å²) in [6.45, 7) is 3.79. The van der Waals surface area contributed by atoms with Crippen LogP contribution in [0.5, 0.6) is 0 Å². The normalized spacial score (nSPS) is 9.86. The van der Waals surface area contributed by atoms with E-state index in [0.717, 1.165) is 13.0 Å². The van der Waals surface area contributed by atoms with Crippen LogP contribution >= 0.6 is 0 Å². The van der Waals surface area contributed by atoms with Crippen LogP contribution in [0.4, 0.5) is 0 Å². The fourth-order valence-electron chi connectivity index (χ4n) is 1.06. The molecule has 0 saturated heterocycles. The van der Waals surface area contributed by atoms with Crippen LogP contribution in [0.2, 0.25) is 0 Å². The number of unbranched alkanes of at least 4 members (excludes halogenated alkanes) is 1. The van der Waals surface area contributed by atoms with Gasteiger partial charge in [-0.25, -0.2) is 0 Å². The van der Waals surface area contributed by atoms with Crippen molar-refractivity contribution in [1.29, 1.82) is 5.26 Å². The summed E-state index contributed by atoms with van der Waals surface area (Å²) >= 11 is 0. The topological polar surface area (TPSA) is 53.3 Å². The Kier molecular flexibility index (Phi) is 7.86. The van der Waals surface area contributed by atoms with Crippen LogP contribution in [0.25, 0.3) is 0 Å². The van der Waals surface area contributed by atoms with Crippen LogP contribution in [0.1, 0.15) is 26.2 Å². The first-order valence-electron chi connectivity index (χ1n) is 4.91. The monoisotopic (exact) mass is 198 g/mol. The lowest BCUT2D eigenvalue weighted by Gasteiger charge is -2.14. The second-order valence-corrected chi connectivity index (χ2v) is 3.12. The minimum atomic E-state index is -0.153. The number of rotatable bonds is 7. The van der Waals surface area contributed by atoms with E-state index in [1.807, 2.05) is 11.9 Å². The van der Waals surface area contributed by atoms with Gasteiger partial charge >= 0.3 is 5.97 Å². The number of nitriles is 1. The van der Waals surface area contributed by atoms with Crippen LogP contribution in [0, 0.1) is 11.3 Å². The van der Waals surface area contributed by atoms with Gasteiger partial charge in [0.05, 0.1) is 19.1 Å². The molecule has 0 rings (SSSR count). The van der Waals surface area contributed by atoms with Gasteiger partial charge in [0.15, 0.2) is 0 Å². The molecule has 80 valence electrons. The van der Waals surface area contributed by atoms with Gasteiger partial charge in [-0.05, 0) is 26.9 Å². The van der Waals surface area contributed by atoms with Crippen molar-refractivity contribution in [2.24, 2.45) is 0 Å². The summed E-state index contributed by atoms with van der Waals surface area (Å²) in [4.78, 5) is 13.0. The van der Waals surface area contributed by atoms with Gasteiger partial charge < -0.3 is 9.64 Å². The average molecular weight is 198 g/mol. The van der Waals surface area contributed by atoms with Crippen molar-refractivity contribution < 1.29 is 9.53 Å². The molecule has 0 radical (unpaired) electrons. The molecule has 0 unspecified atom stereocenters. The van der Waals surface area contributed by atoms with Crippen molar-refractivity contribution in [3.05, 3.63) is 0 Å². The Morgan fingerprint density at radius 2 is 2.21 bits per heavy atom. The maximum Gasteiger partial charge on any atom is 0.307 e. The zero-order chi connectivity index (χ0) is 10.8. The molecule has 0 spiro atoms. The standard InChI is InChI=1S/C10H18N2O2/c1-3-14-10(13)6-9-12(2)8-5-4-7-11/h3-6,8-9H2,1-2H3. The number of hydrogen-bond donors (Lipinski definition) is 0. The summed E-state index contributed by atoms with van der Waals surface area (Å²) in [6, 6.07) is 2.09. The lowest BCUT2D eigenvalue weighted by Crippen LogP contribution is -2.23. The van der Waals surface area contributed by atoms with Crippen molar-refractivity contribution in [3.63, 3.8) is 0 Å². The third kappa shape index (κ3) is 7.56. The molecule has 4 nitrogen and oxygen atoms in total. The van der Waals surface area contributed by atoms with Gasteiger partial charge in [-0.3, -0.25) is 4.79 Å². The Morgan fingerprint density at radius 3 is 2.79 bits per heavy atom. The van der Waals surface area contributed by atoms with Crippen LogP contribution in [-0.2, 0) is 9.53 Å². The smallest absolute Gasteiger partial charge is 0.307 e. The maximum atomic E-state index is 11.0. The second kappa shape index (κ2) is 8.52. The van der Waals surface area contributed by atoms with E-state index in [9.17, 15) is 4.79 Å². The molecular formula is C10H18N2O2. The van der Waals surface area contributed by atoms with Crippen LogP contribution in [-0.4, -0.2) is 37.6 Å². The minimum Gasteiger partial charge on any atom is -0.466 e. The number of ether oxygens (including phenoxy) is 1. The molecule has 0 bridgehead atoms. The van der Waals surface area contributed by atoms with Gasteiger partial charge in [-0.2, -0.15) is 5.26 Å². The average Bonchev–Trinajstić information content (AvgIpc) is 2.16. The van der Waals surface area contributed by atoms with Gasteiger partial charge in [0.25, 0.3) is 0 Å². The third-order valence-corrected chi connectivity index (χ3v) is 1.83. The summed E-state index contributed by atoms with van der Waals surface area (Å²) < 4.78 is 4.80. The van der Waals surface area contributed by atoms with Crippen molar-refractivity contribution in [3.8, 4) is 6.07 Å². The lowest BCUT2D eigenvalue weighted by atomic mass is 10.3. The van der Waals surface area contributed by atoms with Gasteiger partial charge in [0.2, 0.25) is 0 Å². The molecule has 0 aromatic carbocycles. The summed E-state index contributed by atoms with van der Waals surface area (Å²) in [6.07, 6.45) is 1.86. The van der Waals surface area contributed by atoms with Crippen LogP contribution in [0.15, 0.2) is 0 Å². The molecule has 0 aromatic rings.